The quantitative estimate of drug-likeness (QED) is 0.241. The van der Waals surface area contributed by atoms with Crippen molar-refractivity contribution < 1.29 is 9.47 Å². The van der Waals surface area contributed by atoms with E-state index in [9.17, 15) is 0 Å². The summed E-state index contributed by atoms with van der Waals surface area (Å²) in [5.74, 6) is 3.16. The predicted octanol–water partition coefficient (Wildman–Crippen LogP) is 6.66. The molecule has 34 heavy (non-hydrogen) atoms. The number of hydrogen-bond donors (Lipinski definition) is 0. The lowest BCUT2D eigenvalue weighted by Crippen LogP contribution is -1.96. The van der Waals surface area contributed by atoms with Crippen LogP contribution in [0.15, 0.2) is 64.4 Å². The summed E-state index contributed by atoms with van der Waals surface area (Å²) in [4.78, 5) is 6.09. The number of nitrogens with zero attached hydrogens (tertiary/aromatic N) is 4. The second-order valence-electron chi connectivity index (χ2n) is 7.81. The zero-order valence-corrected chi connectivity index (χ0v) is 21.0. The van der Waals surface area contributed by atoms with Crippen molar-refractivity contribution in [2.75, 3.05) is 6.79 Å². The monoisotopic (exact) mass is 504 g/mol. The average molecular weight is 505 g/mol. The number of thiazole rings is 1. The first kappa shape index (κ1) is 21.4. The fourth-order valence-corrected chi connectivity index (χ4v) is 6.52. The van der Waals surface area contributed by atoms with E-state index >= 15 is 0 Å². The molecule has 0 amide bonds. The highest BCUT2D eigenvalue weighted by molar-refractivity contribution is 7.98. The van der Waals surface area contributed by atoms with E-state index in [1.165, 1.54) is 16.0 Å². The number of aromatic nitrogens is 4. The molecule has 6 rings (SSSR count). The zero-order chi connectivity index (χ0) is 23.1. The maximum absolute atomic E-state index is 5.50. The molecular weight excluding hydrogens is 485 g/mol. The predicted molar refractivity (Wildman–Crippen MR) is 138 cm³/mol. The van der Waals surface area contributed by atoms with Gasteiger partial charge < -0.3 is 14.0 Å². The molecular formula is C25H20N4O2S3. The van der Waals surface area contributed by atoms with Crippen molar-refractivity contribution in [1.82, 2.24) is 19.7 Å². The molecule has 0 unspecified atom stereocenters. The van der Waals surface area contributed by atoms with Gasteiger partial charge in [0, 0.05) is 45.1 Å². The van der Waals surface area contributed by atoms with E-state index in [4.69, 9.17) is 14.5 Å². The normalized spacial score (nSPS) is 12.4. The smallest absolute Gasteiger partial charge is 0.231 e. The Hall–Kier alpha value is -3.14. The highest BCUT2D eigenvalue weighted by atomic mass is 32.2. The molecule has 9 heteroatoms. The Balaban J connectivity index is 1.21. The van der Waals surface area contributed by atoms with Crippen molar-refractivity contribution in [2.45, 2.75) is 17.8 Å². The molecule has 0 bridgehead atoms. The lowest BCUT2D eigenvalue weighted by Gasteiger charge is -2.07. The lowest BCUT2D eigenvalue weighted by molar-refractivity contribution is 0.174. The third-order valence-corrected chi connectivity index (χ3v) is 8.54. The summed E-state index contributed by atoms with van der Waals surface area (Å²) in [5, 5.41) is 15.1. The summed E-state index contributed by atoms with van der Waals surface area (Å²) in [6, 6.07) is 16.4. The third kappa shape index (κ3) is 3.89. The topological polar surface area (TPSA) is 62.1 Å². The molecule has 5 aromatic rings. The third-order valence-electron chi connectivity index (χ3n) is 5.63. The molecule has 6 nitrogen and oxygen atoms in total. The van der Waals surface area contributed by atoms with Gasteiger partial charge in [0.05, 0.1) is 5.69 Å². The van der Waals surface area contributed by atoms with Crippen molar-refractivity contribution in [3.05, 3.63) is 69.9 Å². The van der Waals surface area contributed by atoms with Crippen molar-refractivity contribution >= 4 is 34.4 Å². The Morgan fingerprint density at radius 2 is 1.82 bits per heavy atom. The van der Waals surface area contributed by atoms with E-state index in [-0.39, 0.29) is 6.79 Å². The van der Waals surface area contributed by atoms with Crippen molar-refractivity contribution in [2.24, 2.45) is 7.05 Å². The van der Waals surface area contributed by atoms with E-state index in [0.717, 1.165) is 50.1 Å². The maximum atomic E-state index is 5.50. The first-order valence-electron chi connectivity index (χ1n) is 10.7. The number of hydrogen-bond acceptors (Lipinski definition) is 8. The van der Waals surface area contributed by atoms with Crippen molar-refractivity contribution in [3.8, 4) is 44.6 Å². The van der Waals surface area contributed by atoms with Crippen LogP contribution in [-0.2, 0) is 12.8 Å². The summed E-state index contributed by atoms with van der Waals surface area (Å²) in [7, 11) is 2.03. The number of rotatable bonds is 6. The van der Waals surface area contributed by atoms with Crippen LogP contribution in [-0.4, -0.2) is 26.5 Å². The molecule has 0 atom stereocenters. The minimum Gasteiger partial charge on any atom is -0.454 e. The van der Waals surface area contributed by atoms with Gasteiger partial charge in [-0.15, -0.1) is 32.9 Å². The number of aryl methyl sites for hydroxylation is 1. The van der Waals surface area contributed by atoms with E-state index in [1.54, 1.807) is 34.4 Å². The fourth-order valence-electron chi connectivity index (χ4n) is 3.93. The summed E-state index contributed by atoms with van der Waals surface area (Å²) in [6.45, 7) is 2.43. The number of benzene rings is 2. The van der Waals surface area contributed by atoms with E-state index in [1.807, 2.05) is 31.3 Å². The molecule has 4 heterocycles. The van der Waals surface area contributed by atoms with Gasteiger partial charge in [-0.3, -0.25) is 0 Å². The number of thioether (sulfide) groups is 1. The van der Waals surface area contributed by atoms with Crippen LogP contribution in [0.4, 0.5) is 0 Å². The molecule has 2 aromatic carbocycles. The SMILES string of the molecule is Cc1scc(-c2nnc(SCc3csc(-c4ccc5c(c4)OCO5)n3)n2C)c1-c1ccccc1. The van der Waals surface area contributed by atoms with E-state index < -0.39 is 0 Å². The maximum Gasteiger partial charge on any atom is 0.231 e. The van der Waals surface area contributed by atoms with Gasteiger partial charge in [-0.05, 0) is 30.7 Å². The van der Waals surface area contributed by atoms with Crippen LogP contribution in [0.5, 0.6) is 11.5 Å². The van der Waals surface area contributed by atoms with Crippen LogP contribution >= 0.6 is 34.4 Å². The van der Waals surface area contributed by atoms with E-state index in [2.05, 4.69) is 56.7 Å². The number of thiophene rings is 1. The molecule has 0 saturated carbocycles. The summed E-state index contributed by atoms with van der Waals surface area (Å²) in [5.41, 5.74) is 5.60. The van der Waals surface area contributed by atoms with Gasteiger partial charge >= 0.3 is 0 Å². The molecule has 0 fully saturated rings. The summed E-state index contributed by atoms with van der Waals surface area (Å²) >= 11 is 5.02. The van der Waals surface area contributed by atoms with Crippen LogP contribution in [0.2, 0.25) is 0 Å². The van der Waals surface area contributed by atoms with Crippen molar-refractivity contribution in [1.29, 1.82) is 0 Å². The molecule has 1 aliphatic heterocycles. The highest BCUT2D eigenvalue weighted by Gasteiger charge is 2.19. The Morgan fingerprint density at radius 3 is 2.71 bits per heavy atom. The van der Waals surface area contributed by atoms with Gasteiger partial charge in [0.1, 0.15) is 5.01 Å². The molecule has 0 saturated heterocycles. The largest absolute Gasteiger partial charge is 0.454 e. The van der Waals surface area contributed by atoms with Gasteiger partial charge in [-0.1, -0.05) is 42.1 Å². The Labute approximate surface area is 209 Å². The van der Waals surface area contributed by atoms with Gasteiger partial charge in [0.2, 0.25) is 6.79 Å². The molecule has 0 radical (unpaired) electrons. The Bertz CT molecular complexity index is 1470. The van der Waals surface area contributed by atoms with E-state index in [0.29, 0.717) is 0 Å². The molecule has 0 N–H and O–H groups in total. The molecule has 0 aliphatic carbocycles. The van der Waals surface area contributed by atoms with Crippen LogP contribution in [0.25, 0.3) is 33.1 Å². The second kappa shape index (κ2) is 8.90. The molecule has 3 aromatic heterocycles. The second-order valence-corrected chi connectivity index (χ2v) is 10.7. The Morgan fingerprint density at radius 1 is 0.971 bits per heavy atom. The lowest BCUT2D eigenvalue weighted by atomic mass is 10.0. The minimum atomic E-state index is 0.274. The van der Waals surface area contributed by atoms with Gasteiger partial charge in [0.25, 0.3) is 0 Å². The molecule has 0 spiro atoms. The first-order valence-corrected chi connectivity index (χ1v) is 13.4. The highest BCUT2D eigenvalue weighted by Crippen LogP contribution is 2.40. The van der Waals surface area contributed by atoms with Gasteiger partial charge in [-0.2, -0.15) is 0 Å². The standard InChI is InChI=1S/C25H20N4O2S3/c1-15-22(16-6-4-3-5-7-16)19(13-32-15)23-27-28-25(29(23)2)34-12-18-11-33-24(26-18)17-8-9-20-21(10-17)31-14-30-20/h3-11,13H,12,14H2,1-2H3. The average Bonchev–Trinajstić information content (AvgIpc) is 3.65. The van der Waals surface area contributed by atoms with Crippen LogP contribution in [0.1, 0.15) is 10.6 Å². The summed E-state index contributed by atoms with van der Waals surface area (Å²) in [6.07, 6.45) is 0. The number of ether oxygens (including phenoxy) is 2. The summed E-state index contributed by atoms with van der Waals surface area (Å²) < 4.78 is 13.0. The van der Waals surface area contributed by atoms with Crippen LogP contribution in [0, 0.1) is 6.92 Å². The minimum absolute atomic E-state index is 0.274. The fraction of sp³-hybridized carbons (Fsp3) is 0.160. The molecule has 1 aliphatic rings. The Kier molecular flexibility index (Phi) is 5.60. The zero-order valence-electron chi connectivity index (χ0n) is 18.5. The van der Waals surface area contributed by atoms with Gasteiger partial charge in [0.15, 0.2) is 22.5 Å². The van der Waals surface area contributed by atoms with Crippen LogP contribution in [0.3, 0.4) is 0 Å². The van der Waals surface area contributed by atoms with Gasteiger partial charge in [-0.25, -0.2) is 4.98 Å². The van der Waals surface area contributed by atoms with Crippen molar-refractivity contribution in [3.63, 3.8) is 0 Å². The number of fused-ring (bicyclic) bond motifs is 1. The first-order chi connectivity index (χ1) is 16.7. The molecule has 170 valence electrons. The van der Waals surface area contributed by atoms with Crippen LogP contribution < -0.4 is 9.47 Å².